The zero-order valence-electron chi connectivity index (χ0n) is 19.0. The van der Waals surface area contributed by atoms with Crippen molar-refractivity contribution >= 4 is 24.2 Å². The van der Waals surface area contributed by atoms with Gasteiger partial charge in [0.1, 0.15) is 18.8 Å². The first kappa shape index (κ1) is 28.5. The summed E-state index contributed by atoms with van der Waals surface area (Å²) >= 11 is 0. The van der Waals surface area contributed by atoms with E-state index in [9.17, 15) is 19.2 Å². The number of rotatable bonds is 12. The van der Waals surface area contributed by atoms with Crippen molar-refractivity contribution in [2.24, 2.45) is 0 Å². The Morgan fingerprint density at radius 1 is 1.00 bits per heavy atom. The predicted octanol–water partition coefficient (Wildman–Crippen LogP) is -1.43. The van der Waals surface area contributed by atoms with Gasteiger partial charge in [-0.25, -0.2) is 19.2 Å². The second kappa shape index (κ2) is 16.1. The third-order valence-electron chi connectivity index (χ3n) is 4.55. The summed E-state index contributed by atoms with van der Waals surface area (Å²) in [5, 5.41) is 28.1. The quantitative estimate of drug-likeness (QED) is 0.182. The Bertz CT molecular complexity index is 707. The minimum Gasteiger partial charge on any atom is -0.446 e. The van der Waals surface area contributed by atoms with Gasteiger partial charge in [-0.3, -0.25) is 0 Å². The van der Waals surface area contributed by atoms with Crippen LogP contribution in [0.15, 0.2) is 25.3 Å². The Morgan fingerprint density at radius 2 is 1.53 bits per heavy atom. The maximum atomic E-state index is 11.2. The van der Waals surface area contributed by atoms with Gasteiger partial charge in [-0.05, 0) is 6.08 Å². The molecule has 2 atom stereocenters. The molecule has 0 aromatic carbocycles. The van der Waals surface area contributed by atoms with Crippen molar-refractivity contribution in [3.8, 4) is 0 Å². The molecule has 0 aromatic rings. The monoisotopic (exact) mass is 486 g/mol. The fourth-order valence-corrected chi connectivity index (χ4v) is 2.65. The number of ether oxygens (including phenoxy) is 2. The van der Waals surface area contributed by atoms with Crippen LogP contribution in [0, 0.1) is 0 Å². The Hall–Kier alpha value is -3.52. The van der Waals surface area contributed by atoms with Crippen LogP contribution in [0.25, 0.3) is 0 Å². The fourth-order valence-electron chi connectivity index (χ4n) is 2.65. The molecule has 2 rings (SSSR count). The number of urea groups is 2. The maximum Gasteiger partial charge on any atom is 0.407 e. The van der Waals surface area contributed by atoms with Gasteiger partial charge in [0.25, 0.3) is 0 Å². The van der Waals surface area contributed by atoms with E-state index in [-0.39, 0.29) is 25.3 Å². The number of hydrogen-bond donors (Lipinski definition) is 6. The van der Waals surface area contributed by atoms with E-state index in [0.717, 1.165) is 0 Å². The lowest BCUT2D eigenvalue weighted by Gasteiger charge is -2.15. The summed E-state index contributed by atoms with van der Waals surface area (Å²) in [5.41, 5.74) is 0. The molecule has 0 aromatic heterocycles. The molecule has 0 saturated carbocycles. The zero-order chi connectivity index (χ0) is 25.3. The van der Waals surface area contributed by atoms with E-state index >= 15 is 0 Å². The van der Waals surface area contributed by atoms with Crippen LogP contribution in [-0.2, 0) is 9.47 Å². The van der Waals surface area contributed by atoms with Crippen LogP contribution in [0.3, 0.4) is 0 Å². The van der Waals surface area contributed by atoms with Crippen LogP contribution in [0.5, 0.6) is 0 Å². The van der Waals surface area contributed by atoms with Gasteiger partial charge in [-0.15, -0.1) is 6.58 Å². The Kier molecular flexibility index (Phi) is 13.5. The molecule has 14 heteroatoms. The number of nitrogens with one attached hydrogen (secondary N) is 4. The molecule has 0 spiro atoms. The second-order valence-electron chi connectivity index (χ2n) is 7.06. The van der Waals surface area contributed by atoms with Gasteiger partial charge in [0, 0.05) is 52.4 Å². The highest BCUT2D eigenvalue weighted by Gasteiger charge is 2.19. The van der Waals surface area contributed by atoms with Gasteiger partial charge in [-0.2, -0.15) is 0 Å². The van der Waals surface area contributed by atoms with Gasteiger partial charge in [0.2, 0.25) is 0 Å². The topological polar surface area (TPSA) is 182 Å². The molecular formula is C20H34N6O8. The zero-order valence-corrected chi connectivity index (χ0v) is 19.0. The number of aliphatic hydroxyl groups is 2. The minimum absolute atomic E-state index is 0.123. The largest absolute Gasteiger partial charge is 0.446 e. The summed E-state index contributed by atoms with van der Waals surface area (Å²) in [7, 11) is 0. The van der Waals surface area contributed by atoms with E-state index in [2.05, 4.69) is 34.4 Å². The van der Waals surface area contributed by atoms with Gasteiger partial charge in [0.05, 0.1) is 6.61 Å². The Balaban J connectivity index is 0.000000340. The van der Waals surface area contributed by atoms with Crippen LogP contribution >= 0.6 is 0 Å². The third-order valence-corrected chi connectivity index (χ3v) is 4.55. The second-order valence-corrected chi connectivity index (χ2v) is 7.06. The van der Waals surface area contributed by atoms with Crippen molar-refractivity contribution in [2.45, 2.75) is 12.2 Å². The molecular weight excluding hydrogens is 452 g/mol. The number of hydrogen-bond acceptors (Lipinski definition) is 8. The van der Waals surface area contributed by atoms with Crippen molar-refractivity contribution in [3.63, 3.8) is 0 Å². The number of amides is 6. The van der Waals surface area contributed by atoms with Crippen LogP contribution in [0.4, 0.5) is 19.2 Å². The van der Waals surface area contributed by atoms with E-state index in [1.807, 2.05) is 0 Å². The van der Waals surface area contributed by atoms with Gasteiger partial charge < -0.3 is 50.8 Å². The summed E-state index contributed by atoms with van der Waals surface area (Å²) in [6, 6.07) is -0.248. The first-order chi connectivity index (χ1) is 16.3. The average molecular weight is 487 g/mol. The van der Waals surface area contributed by atoms with E-state index in [1.54, 1.807) is 9.80 Å². The van der Waals surface area contributed by atoms with Crippen molar-refractivity contribution in [1.82, 2.24) is 31.1 Å². The molecule has 2 aliphatic rings. The number of alkyl carbamates (subject to hydrolysis) is 2. The molecule has 6 N–H and O–H groups in total. The van der Waals surface area contributed by atoms with Crippen LogP contribution in [0.2, 0.25) is 0 Å². The number of carbonyl (C=O) groups excluding carboxylic acids is 4. The third kappa shape index (κ3) is 11.4. The van der Waals surface area contributed by atoms with Crippen LogP contribution in [-0.4, -0.2) is 122 Å². The molecule has 14 nitrogen and oxygen atoms in total. The molecule has 2 heterocycles. The lowest BCUT2D eigenvalue weighted by molar-refractivity contribution is 0.0826. The molecule has 2 saturated heterocycles. The molecule has 6 amide bonds. The summed E-state index contributed by atoms with van der Waals surface area (Å²) in [4.78, 5) is 47.8. The smallest absolute Gasteiger partial charge is 0.407 e. The number of aliphatic hydroxyl groups excluding tert-OH is 2. The van der Waals surface area contributed by atoms with E-state index in [1.165, 1.54) is 12.2 Å². The van der Waals surface area contributed by atoms with Crippen molar-refractivity contribution < 1.29 is 38.9 Å². The molecule has 0 aliphatic carbocycles. The lowest BCUT2D eigenvalue weighted by atomic mass is 10.4. The number of carbonyl (C=O) groups is 4. The average Bonchev–Trinajstić information content (AvgIpc) is 3.43. The first-order valence-electron chi connectivity index (χ1n) is 10.7. The van der Waals surface area contributed by atoms with E-state index < -0.39 is 24.4 Å². The molecule has 2 aliphatic heterocycles. The molecule has 2 fully saturated rings. The van der Waals surface area contributed by atoms with E-state index in [0.29, 0.717) is 52.4 Å². The van der Waals surface area contributed by atoms with Gasteiger partial charge >= 0.3 is 24.2 Å². The fraction of sp³-hybridized carbons (Fsp3) is 0.600. The predicted molar refractivity (Wildman–Crippen MR) is 121 cm³/mol. The summed E-state index contributed by atoms with van der Waals surface area (Å²) < 4.78 is 9.50. The minimum atomic E-state index is -0.856. The lowest BCUT2D eigenvalue weighted by Crippen LogP contribution is -2.38. The van der Waals surface area contributed by atoms with Crippen molar-refractivity contribution in [3.05, 3.63) is 25.3 Å². The van der Waals surface area contributed by atoms with Gasteiger partial charge in [0.15, 0.2) is 0 Å². The van der Waals surface area contributed by atoms with Crippen molar-refractivity contribution in [2.75, 3.05) is 65.6 Å². The highest BCUT2D eigenvalue weighted by atomic mass is 16.6. The van der Waals surface area contributed by atoms with E-state index in [4.69, 9.17) is 19.7 Å². The van der Waals surface area contributed by atoms with Gasteiger partial charge in [-0.1, -0.05) is 12.7 Å². The summed E-state index contributed by atoms with van der Waals surface area (Å²) in [5.74, 6) is 0. The standard InChI is InChI=1S/2C10H17N3O4/c1-2-8(14)7-17-10(16)12-4-6-13-5-3-11-9(13)15;1-2-8(7-14)17-10(16)12-4-6-13-5-3-11-9(13)15/h2*2,8,14H,1,3-7H2,(H,11,15)(H,12,16). The molecule has 0 bridgehead atoms. The SMILES string of the molecule is C=CC(CO)OC(=O)NCCN1CCNC1=O.C=CC(O)COC(=O)NCCN1CCNC1=O. The maximum absolute atomic E-state index is 11.2. The summed E-state index contributed by atoms with van der Waals surface area (Å²) in [6.45, 7) is 10.4. The van der Waals surface area contributed by atoms with Crippen LogP contribution < -0.4 is 21.3 Å². The molecule has 0 radical (unpaired) electrons. The highest BCUT2D eigenvalue weighted by molar-refractivity contribution is 5.76. The first-order valence-corrected chi connectivity index (χ1v) is 10.7. The highest BCUT2D eigenvalue weighted by Crippen LogP contribution is 1.96. The van der Waals surface area contributed by atoms with Crippen molar-refractivity contribution in [1.29, 1.82) is 0 Å². The molecule has 192 valence electrons. The Labute approximate surface area is 197 Å². The molecule has 2 unspecified atom stereocenters. The summed E-state index contributed by atoms with van der Waals surface area (Å²) in [6.07, 6.45) is -0.195. The Morgan fingerprint density at radius 3 is 1.94 bits per heavy atom. The molecule has 34 heavy (non-hydrogen) atoms. The normalized spacial score (nSPS) is 16.3. The van der Waals surface area contributed by atoms with Crippen LogP contribution in [0.1, 0.15) is 0 Å². The number of nitrogens with zero attached hydrogens (tertiary/aromatic N) is 2.